The van der Waals surface area contributed by atoms with Gasteiger partial charge in [-0.15, -0.1) is 0 Å². The maximum atomic E-state index is 9.61. The average Bonchev–Trinajstić information content (AvgIpc) is 2.88. The van der Waals surface area contributed by atoms with Gasteiger partial charge in [-0.1, -0.05) is 17.7 Å². The van der Waals surface area contributed by atoms with Gasteiger partial charge in [0.2, 0.25) is 0 Å². The topological polar surface area (TPSA) is 75.6 Å². The van der Waals surface area contributed by atoms with Crippen molar-refractivity contribution in [3.63, 3.8) is 0 Å². The van der Waals surface area contributed by atoms with E-state index < -0.39 is 0 Å². The molecule has 0 aliphatic heterocycles. The van der Waals surface area contributed by atoms with Crippen LogP contribution < -0.4 is 28.4 Å². The molecule has 0 atom stereocenters. The Labute approximate surface area is 207 Å². The summed E-state index contributed by atoms with van der Waals surface area (Å²) in [7, 11) is 9.76. The summed E-state index contributed by atoms with van der Waals surface area (Å²) >= 11 is 0. The van der Waals surface area contributed by atoms with E-state index in [0.717, 1.165) is 39.1 Å². The van der Waals surface area contributed by atoms with Crippen molar-refractivity contribution < 1.29 is 33.5 Å². The number of aryl methyl sites for hydroxylation is 1. The van der Waals surface area contributed by atoms with E-state index in [4.69, 9.17) is 28.4 Å². The molecule has 3 aromatic carbocycles. The fourth-order valence-electron chi connectivity index (χ4n) is 4.39. The van der Waals surface area contributed by atoms with E-state index in [-0.39, 0.29) is 6.61 Å². The van der Waals surface area contributed by atoms with E-state index in [0.29, 0.717) is 41.6 Å². The van der Waals surface area contributed by atoms with Gasteiger partial charge in [0, 0.05) is 36.1 Å². The Bertz CT molecular complexity index is 1030. The zero-order valence-electron chi connectivity index (χ0n) is 21.5. The lowest BCUT2D eigenvalue weighted by atomic mass is 9.93. The molecule has 0 saturated carbocycles. The van der Waals surface area contributed by atoms with Crippen molar-refractivity contribution in [2.45, 2.75) is 26.4 Å². The van der Waals surface area contributed by atoms with E-state index >= 15 is 0 Å². The van der Waals surface area contributed by atoms with Gasteiger partial charge in [-0.2, -0.15) is 0 Å². The van der Waals surface area contributed by atoms with Crippen LogP contribution in [0.15, 0.2) is 36.4 Å². The first-order valence-corrected chi connectivity index (χ1v) is 11.2. The van der Waals surface area contributed by atoms with Crippen LogP contribution in [0.5, 0.6) is 34.5 Å². The highest BCUT2D eigenvalue weighted by molar-refractivity contribution is 5.57. The van der Waals surface area contributed by atoms with Gasteiger partial charge in [0.25, 0.3) is 0 Å². The van der Waals surface area contributed by atoms with Crippen molar-refractivity contribution in [1.82, 2.24) is 0 Å². The van der Waals surface area contributed by atoms with Crippen LogP contribution in [0.1, 0.15) is 33.4 Å². The largest absolute Gasteiger partial charge is 0.496 e. The molecule has 0 spiro atoms. The quantitative estimate of drug-likeness (QED) is 0.424. The Morgan fingerprint density at radius 3 is 1.34 bits per heavy atom. The number of benzene rings is 3. The van der Waals surface area contributed by atoms with Gasteiger partial charge in [-0.25, -0.2) is 0 Å². The zero-order valence-corrected chi connectivity index (χ0v) is 21.5. The minimum Gasteiger partial charge on any atom is -0.496 e. The lowest BCUT2D eigenvalue weighted by Gasteiger charge is -2.20. The highest BCUT2D eigenvalue weighted by atomic mass is 16.5. The van der Waals surface area contributed by atoms with Crippen molar-refractivity contribution in [3.8, 4) is 34.5 Å². The summed E-state index contributed by atoms with van der Waals surface area (Å²) < 4.78 is 33.9. The Morgan fingerprint density at radius 2 is 1.00 bits per heavy atom. The second kappa shape index (κ2) is 11.7. The Hall–Kier alpha value is -3.58. The van der Waals surface area contributed by atoms with E-state index in [2.05, 4.69) is 19.1 Å². The van der Waals surface area contributed by atoms with Gasteiger partial charge in [0.1, 0.15) is 34.5 Å². The highest BCUT2D eigenvalue weighted by Gasteiger charge is 2.21. The van der Waals surface area contributed by atoms with E-state index in [1.807, 2.05) is 24.3 Å². The molecule has 0 aromatic heterocycles. The second-order valence-corrected chi connectivity index (χ2v) is 8.12. The normalized spacial score (nSPS) is 10.6. The average molecular weight is 483 g/mol. The van der Waals surface area contributed by atoms with Crippen molar-refractivity contribution in [2.24, 2.45) is 0 Å². The predicted octanol–water partition coefficient (Wildman–Crippen LogP) is 4.72. The minimum absolute atomic E-state index is 0.101. The third-order valence-electron chi connectivity index (χ3n) is 5.99. The van der Waals surface area contributed by atoms with Crippen LogP contribution in [0.2, 0.25) is 0 Å². The molecule has 0 fully saturated rings. The third kappa shape index (κ3) is 5.57. The van der Waals surface area contributed by atoms with Crippen molar-refractivity contribution >= 4 is 0 Å². The highest BCUT2D eigenvalue weighted by Crippen LogP contribution is 2.40. The molecule has 0 aliphatic rings. The number of rotatable bonds is 11. The molecule has 0 aliphatic carbocycles. The van der Waals surface area contributed by atoms with E-state index in [1.54, 1.807) is 42.7 Å². The first kappa shape index (κ1) is 26.0. The van der Waals surface area contributed by atoms with Crippen LogP contribution in [0.25, 0.3) is 0 Å². The molecule has 0 unspecified atom stereocenters. The molecule has 1 N–H and O–H groups in total. The number of methoxy groups -OCH3 is 6. The molecule has 7 heteroatoms. The van der Waals surface area contributed by atoms with E-state index in [1.165, 1.54) is 0 Å². The van der Waals surface area contributed by atoms with Gasteiger partial charge in [-0.3, -0.25) is 0 Å². The van der Waals surface area contributed by atoms with Gasteiger partial charge >= 0.3 is 0 Å². The minimum atomic E-state index is -0.101. The van der Waals surface area contributed by atoms with Gasteiger partial charge in [-0.05, 0) is 35.7 Å². The molecule has 0 amide bonds. The summed E-state index contributed by atoms with van der Waals surface area (Å²) in [4.78, 5) is 0. The maximum absolute atomic E-state index is 9.61. The molecular formula is C28H34O7. The van der Waals surface area contributed by atoms with Gasteiger partial charge < -0.3 is 33.5 Å². The second-order valence-electron chi connectivity index (χ2n) is 8.12. The molecule has 0 heterocycles. The molecule has 3 aromatic rings. The fourth-order valence-corrected chi connectivity index (χ4v) is 4.39. The number of aliphatic hydroxyl groups is 1. The molecule has 3 rings (SSSR count). The molecule has 35 heavy (non-hydrogen) atoms. The van der Waals surface area contributed by atoms with Crippen LogP contribution in [-0.2, 0) is 19.4 Å². The monoisotopic (exact) mass is 482 g/mol. The summed E-state index contributed by atoms with van der Waals surface area (Å²) in [6, 6.07) is 11.6. The van der Waals surface area contributed by atoms with Crippen LogP contribution in [-0.4, -0.2) is 47.8 Å². The summed E-state index contributed by atoms with van der Waals surface area (Å²) in [6.45, 7) is 1.95. The number of hydrogen-bond donors (Lipinski definition) is 1. The summed E-state index contributed by atoms with van der Waals surface area (Å²) in [5.41, 5.74) is 5.57. The van der Waals surface area contributed by atoms with Crippen LogP contribution in [0.4, 0.5) is 0 Å². The molecule has 0 radical (unpaired) electrons. The fraction of sp³-hybridized carbons (Fsp3) is 0.357. The van der Waals surface area contributed by atoms with Crippen LogP contribution in [0, 0.1) is 6.92 Å². The lowest BCUT2D eigenvalue weighted by Crippen LogP contribution is -2.05. The summed E-state index contributed by atoms with van der Waals surface area (Å²) in [5, 5.41) is 9.61. The van der Waals surface area contributed by atoms with Gasteiger partial charge in [0.15, 0.2) is 0 Å². The van der Waals surface area contributed by atoms with Crippen molar-refractivity contribution in [3.05, 3.63) is 69.8 Å². The Kier molecular flexibility index (Phi) is 8.71. The zero-order chi connectivity index (χ0) is 25.5. The summed E-state index contributed by atoms with van der Waals surface area (Å²) in [6.07, 6.45) is 1.05. The maximum Gasteiger partial charge on any atom is 0.129 e. The van der Waals surface area contributed by atoms with E-state index in [9.17, 15) is 5.11 Å². The van der Waals surface area contributed by atoms with Crippen molar-refractivity contribution in [1.29, 1.82) is 0 Å². The molecular weight excluding hydrogens is 448 g/mol. The smallest absolute Gasteiger partial charge is 0.129 e. The standard InChI is InChI=1S/C28H34O7/c1-17-8-19(12-22-24(31-3)10-18(16-29)11-25(22)32-4)28(35-7)20(9-17)13-23-26(33-5)14-21(30-2)15-27(23)34-6/h8-11,14-15,29H,12-13,16H2,1-7H3. The molecule has 188 valence electrons. The number of hydrogen-bond acceptors (Lipinski definition) is 7. The van der Waals surface area contributed by atoms with Crippen LogP contribution >= 0.6 is 0 Å². The molecule has 7 nitrogen and oxygen atoms in total. The predicted molar refractivity (Wildman–Crippen MR) is 135 cm³/mol. The number of aliphatic hydroxyl groups excluding tert-OH is 1. The Morgan fingerprint density at radius 1 is 0.571 bits per heavy atom. The van der Waals surface area contributed by atoms with Crippen molar-refractivity contribution in [2.75, 3.05) is 42.7 Å². The first-order chi connectivity index (χ1) is 16.9. The van der Waals surface area contributed by atoms with Crippen LogP contribution in [0.3, 0.4) is 0 Å². The first-order valence-electron chi connectivity index (χ1n) is 11.2. The third-order valence-corrected chi connectivity index (χ3v) is 5.99. The summed E-state index contributed by atoms with van der Waals surface area (Å²) in [5.74, 6) is 4.08. The lowest BCUT2D eigenvalue weighted by molar-refractivity contribution is 0.279. The van der Waals surface area contributed by atoms with Gasteiger partial charge in [0.05, 0.1) is 49.3 Å². The molecule has 0 saturated heterocycles. The SMILES string of the molecule is COc1cc(OC)c(Cc2cc(C)cc(Cc3c(OC)cc(CO)cc3OC)c2OC)c(OC)c1. The molecule has 0 bridgehead atoms. The number of ether oxygens (including phenoxy) is 6. The Balaban J connectivity index is 2.12.